The molecule has 1 aromatic carbocycles. The first-order chi connectivity index (χ1) is 10.2. The fraction of sp³-hybridized carbons (Fsp3) is 0. The van der Waals surface area contributed by atoms with E-state index in [9.17, 15) is 4.79 Å². The Labute approximate surface area is 123 Å². The van der Waals surface area contributed by atoms with Gasteiger partial charge in [0, 0.05) is 5.56 Å². The number of nitriles is 1. The van der Waals surface area contributed by atoms with Gasteiger partial charge in [0.25, 0.3) is 5.91 Å². The molecule has 21 heavy (non-hydrogen) atoms. The molecule has 1 amide bonds. The van der Waals surface area contributed by atoms with E-state index >= 15 is 0 Å². The Hall–Kier alpha value is -2.98. The van der Waals surface area contributed by atoms with Crippen molar-refractivity contribution in [1.82, 2.24) is 19.9 Å². The number of fused-ring (bicyclic) bond motifs is 1. The molecular formula is C13H7ClN6O. The minimum absolute atomic E-state index is 0.0481. The first kappa shape index (κ1) is 13.0. The van der Waals surface area contributed by atoms with Crippen LogP contribution in [0.15, 0.2) is 30.6 Å². The molecule has 8 heteroatoms. The number of aromatic amines is 1. The van der Waals surface area contributed by atoms with Gasteiger partial charge in [-0.1, -0.05) is 17.7 Å². The Morgan fingerprint density at radius 1 is 1.38 bits per heavy atom. The molecule has 0 saturated carbocycles. The van der Waals surface area contributed by atoms with E-state index in [2.05, 4.69) is 25.3 Å². The molecular weight excluding hydrogens is 292 g/mol. The van der Waals surface area contributed by atoms with Gasteiger partial charge in [-0.05, 0) is 18.2 Å². The van der Waals surface area contributed by atoms with Gasteiger partial charge < -0.3 is 4.98 Å². The second kappa shape index (κ2) is 5.19. The quantitative estimate of drug-likeness (QED) is 0.705. The first-order valence-corrected chi connectivity index (χ1v) is 6.23. The Kier molecular flexibility index (Phi) is 3.22. The monoisotopic (exact) mass is 298 g/mol. The normalized spacial score (nSPS) is 10.3. The van der Waals surface area contributed by atoms with E-state index < -0.39 is 5.91 Å². The minimum Gasteiger partial charge on any atom is -0.341 e. The van der Waals surface area contributed by atoms with Gasteiger partial charge in [0.1, 0.15) is 5.52 Å². The fourth-order valence-electron chi connectivity index (χ4n) is 1.76. The average molecular weight is 299 g/mol. The maximum Gasteiger partial charge on any atom is 0.258 e. The molecule has 2 heterocycles. The van der Waals surface area contributed by atoms with Crippen molar-refractivity contribution in [2.24, 2.45) is 0 Å². The average Bonchev–Trinajstić information content (AvgIpc) is 2.96. The predicted octanol–water partition coefficient (Wildman–Crippen LogP) is 2.13. The number of nitrogens with zero attached hydrogens (tertiary/aromatic N) is 4. The SMILES string of the molecule is N#Cc1cccc(C(=O)Nc2nc(Cl)c3[nH]cnc3n2)c1. The van der Waals surface area contributed by atoms with E-state index in [1.54, 1.807) is 18.2 Å². The highest BCUT2D eigenvalue weighted by Crippen LogP contribution is 2.18. The standard InChI is InChI=1S/C13H7ClN6O/c14-10-9-11(17-6-16-9)19-13(18-10)20-12(21)8-3-1-2-7(4-8)5-15/h1-4,6H,(H2,16,17,18,19,20,21). The lowest BCUT2D eigenvalue weighted by molar-refractivity contribution is 0.102. The number of rotatable bonds is 2. The lowest BCUT2D eigenvalue weighted by Gasteiger charge is -2.04. The van der Waals surface area contributed by atoms with Crippen molar-refractivity contribution in [2.75, 3.05) is 5.32 Å². The smallest absolute Gasteiger partial charge is 0.258 e. The Balaban J connectivity index is 1.90. The van der Waals surface area contributed by atoms with Crippen LogP contribution in [0.1, 0.15) is 15.9 Å². The van der Waals surface area contributed by atoms with Crippen LogP contribution in [0.2, 0.25) is 5.15 Å². The Morgan fingerprint density at radius 2 is 2.24 bits per heavy atom. The molecule has 0 spiro atoms. The molecule has 3 aromatic rings. The number of nitrogens with one attached hydrogen (secondary N) is 2. The van der Waals surface area contributed by atoms with Gasteiger partial charge in [-0.25, -0.2) is 4.98 Å². The lowest BCUT2D eigenvalue weighted by atomic mass is 10.1. The summed E-state index contributed by atoms with van der Waals surface area (Å²) in [6, 6.07) is 8.27. The zero-order chi connectivity index (χ0) is 14.8. The maximum atomic E-state index is 12.1. The van der Waals surface area contributed by atoms with Crippen LogP contribution in [0.3, 0.4) is 0 Å². The van der Waals surface area contributed by atoms with Crippen LogP contribution in [0, 0.1) is 11.3 Å². The van der Waals surface area contributed by atoms with Crippen molar-refractivity contribution in [1.29, 1.82) is 5.26 Å². The van der Waals surface area contributed by atoms with E-state index in [-0.39, 0.29) is 11.1 Å². The highest BCUT2D eigenvalue weighted by Gasteiger charge is 2.12. The summed E-state index contributed by atoms with van der Waals surface area (Å²) in [5, 5.41) is 11.5. The maximum absolute atomic E-state index is 12.1. The molecule has 2 aromatic heterocycles. The third kappa shape index (κ3) is 2.52. The van der Waals surface area contributed by atoms with E-state index in [0.717, 1.165) is 0 Å². The van der Waals surface area contributed by atoms with Crippen LogP contribution < -0.4 is 5.32 Å². The van der Waals surface area contributed by atoms with Gasteiger partial charge in [-0.15, -0.1) is 0 Å². The van der Waals surface area contributed by atoms with Crippen molar-refractivity contribution < 1.29 is 4.79 Å². The molecule has 2 N–H and O–H groups in total. The largest absolute Gasteiger partial charge is 0.341 e. The van der Waals surface area contributed by atoms with E-state index in [1.807, 2.05) is 6.07 Å². The van der Waals surface area contributed by atoms with Crippen LogP contribution in [-0.2, 0) is 0 Å². The number of aromatic nitrogens is 4. The lowest BCUT2D eigenvalue weighted by Crippen LogP contribution is -2.14. The van der Waals surface area contributed by atoms with Crippen LogP contribution in [0.5, 0.6) is 0 Å². The predicted molar refractivity (Wildman–Crippen MR) is 75.8 cm³/mol. The van der Waals surface area contributed by atoms with E-state index in [4.69, 9.17) is 16.9 Å². The van der Waals surface area contributed by atoms with E-state index in [1.165, 1.54) is 12.4 Å². The van der Waals surface area contributed by atoms with Crippen molar-refractivity contribution in [2.45, 2.75) is 0 Å². The van der Waals surface area contributed by atoms with Gasteiger partial charge in [-0.2, -0.15) is 15.2 Å². The molecule has 0 fully saturated rings. The van der Waals surface area contributed by atoms with Crippen LogP contribution in [0.25, 0.3) is 11.2 Å². The third-order valence-electron chi connectivity index (χ3n) is 2.72. The molecule has 0 unspecified atom stereocenters. The number of halogens is 1. The van der Waals surface area contributed by atoms with Crippen molar-refractivity contribution in [3.05, 3.63) is 46.9 Å². The zero-order valence-electron chi connectivity index (χ0n) is 10.5. The topological polar surface area (TPSA) is 107 Å². The van der Waals surface area contributed by atoms with Crippen molar-refractivity contribution >= 4 is 34.6 Å². The summed E-state index contributed by atoms with van der Waals surface area (Å²) in [5.41, 5.74) is 1.58. The van der Waals surface area contributed by atoms with Crippen LogP contribution >= 0.6 is 11.6 Å². The third-order valence-corrected chi connectivity index (χ3v) is 2.99. The number of amides is 1. The van der Waals surface area contributed by atoms with Crippen molar-refractivity contribution in [3.63, 3.8) is 0 Å². The summed E-state index contributed by atoms with van der Waals surface area (Å²) in [5.74, 6) is -0.384. The van der Waals surface area contributed by atoms with Gasteiger partial charge in [0.15, 0.2) is 10.8 Å². The molecule has 7 nitrogen and oxygen atoms in total. The number of benzene rings is 1. The van der Waals surface area contributed by atoms with Crippen LogP contribution in [-0.4, -0.2) is 25.8 Å². The fourth-order valence-corrected chi connectivity index (χ4v) is 1.98. The summed E-state index contributed by atoms with van der Waals surface area (Å²) < 4.78 is 0. The van der Waals surface area contributed by atoms with Gasteiger partial charge in [0.2, 0.25) is 5.95 Å². The molecule has 0 aliphatic carbocycles. The highest BCUT2D eigenvalue weighted by molar-refractivity contribution is 6.33. The number of imidazole rings is 1. The van der Waals surface area contributed by atoms with Gasteiger partial charge >= 0.3 is 0 Å². The number of anilines is 1. The molecule has 3 rings (SSSR count). The van der Waals surface area contributed by atoms with Gasteiger partial charge in [-0.3, -0.25) is 10.1 Å². The number of carbonyl (C=O) groups is 1. The Morgan fingerprint density at radius 3 is 3.05 bits per heavy atom. The van der Waals surface area contributed by atoms with Gasteiger partial charge in [0.05, 0.1) is 18.0 Å². The van der Waals surface area contributed by atoms with Crippen LogP contribution in [0.4, 0.5) is 5.95 Å². The summed E-state index contributed by atoms with van der Waals surface area (Å²) in [4.78, 5) is 26.9. The molecule has 0 radical (unpaired) electrons. The number of carbonyl (C=O) groups excluding carboxylic acids is 1. The zero-order valence-corrected chi connectivity index (χ0v) is 11.2. The van der Waals surface area contributed by atoms with Crippen molar-refractivity contribution in [3.8, 4) is 6.07 Å². The second-order valence-corrected chi connectivity index (χ2v) is 4.44. The second-order valence-electron chi connectivity index (χ2n) is 4.09. The Bertz CT molecular complexity index is 882. The highest BCUT2D eigenvalue weighted by atomic mass is 35.5. The molecule has 0 saturated heterocycles. The number of hydrogen-bond acceptors (Lipinski definition) is 5. The summed E-state index contributed by atoms with van der Waals surface area (Å²) in [6.45, 7) is 0. The molecule has 102 valence electrons. The number of hydrogen-bond donors (Lipinski definition) is 2. The number of H-pyrrole nitrogens is 1. The molecule has 0 aliphatic rings. The molecule has 0 atom stereocenters. The minimum atomic E-state index is -0.432. The summed E-state index contributed by atoms with van der Waals surface area (Å²) in [7, 11) is 0. The summed E-state index contributed by atoms with van der Waals surface area (Å²) >= 11 is 5.96. The summed E-state index contributed by atoms with van der Waals surface area (Å²) in [6.07, 6.45) is 1.44. The van der Waals surface area contributed by atoms with E-state index in [0.29, 0.717) is 22.3 Å². The molecule has 0 aliphatic heterocycles. The first-order valence-electron chi connectivity index (χ1n) is 5.85. The molecule has 0 bridgehead atoms.